The van der Waals surface area contributed by atoms with Crippen LogP contribution in [-0.2, 0) is 4.74 Å². The van der Waals surface area contributed by atoms with Gasteiger partial charge in [-0.15, -0.1) is 0 Å². The molecule has 5 heteroatoms. The van der Waals surface area contributed by atoms with E-state index in [1.165, 1.54) is 0 Å². The topological polar surface area (TPSA) is 42.5 Å². The first-order valence-electron chi connectivity index (χ1n) is 7.01. The Morgan fingerprint density at radius 1 is 1.25 bits per heavy atom. The summed E-state index contributed by atoms with van der Waals surface area (Å²) in [5.41, 5.74) is 0.948. The molecule has 0 aliphatic carbocycles. The minimum atomic E-state index is 0.182. The average molecular weight is 296 g/mol. The van der Waals surface area contributed by atoms with Crippen LogP contribution >= 0.6 is 12.2 Å². The van der Waals surface area contributed by atoms with Gasteiger partial charge in [-0.25, -0.2) is 0 Å². The second-order valence-corrected chi connectivity index (χ2v) is 5.03. The molecule has 0 saturated heterocycles. The Hall–Kier alpha value is -1.33. The van der Waals surface area contributed by atoms with Crippen molar-refractivity contribution in [1.29, 1.82) is 0 Å². The van der Waals surface area contributed by atoms with E-state index in [1.807, 2.05) is 45.0 Å². The van der Waals surface area contributed by atoms with Gasteiger partial charge in [0.25, 0.3) is 0 Å². The molecule has 0 spiro atoms. The first kappa shape index (κ1) is 16.7. The van der Waals surface area contributed by atoms with E-state index >= 15 is 0 Å². The molecule has 0 saturated carbocycles. The molecule has 0 aliphatic heterocycles. The van der Waals surface area contributed by atoms with Crippen molar-refractivity contribution in [2.75, 3.05) is 25.1 Å². The van der Waals surface area contributed by atoms with Crippen LogP contribution in [-0.4, -0.2) is 31.0 Å². The van der Waals surface area contributed by atoms with Gasteiger partial charge in [0.05, 0.1) is 6.10 Å². The van der Waals surface area contributed by atoms with Gasteiger partial charge < -0.3 is 20.1 Å². The molecule has 20 heavy (non-hydrogen) atoms. The minimum absolute atomic E-state index is 0.182. The molecule has 0 bridgehead atoms. The molecule has 0 atom stereocenters. The van der Waals surface area contributed by atoms with E-state index in [9.17, 15) is 0 Å². The number of rotatable bonds is 8. The highest BCUT2D eigenvalue weighted by molar-refractivity contribution is 7.80. The van der Waals surface area contributed by atoms with Gasteiger partial charge in [0.15, 0.2) is 5.11 Å². The standard InChI is InChI=1S/C15H24N2O2S/c1-4-18-11-5-10-16-15(20)17-13-6-8-14(9-7-13)19-12(2)3/h6-9,12H,4-5,10-11H2,1-3H3,(H2,16,17,20). The van der Waals surface area contributed by atoms with Gasteiger partial charge in [-0.2, -0.15) is 0 Å². The third-order valence-corrected chi connectivity index (χ3v) is 2.69. The Morgan fingerprint density at radius 2 is 1.95 bits per heavy atom. The van der Waals surface area contributed by atoms with E-state index < -0.39 is 0 Å². The van der Waals surface area contributed by atoms with Crippen molar-refractivity contribution in [1.82, 2.24) is 5.32 Å². The summed E-state index contributed by atoms with van der Waals surface area (Å²) in [5, 5.41) is 6.91. The zero-order chi connectivity index (χ0) is 14.8. The van der Waals surface area contributed by atoms with E-state index in [1.54, 1.807) is 0 Å². The summed E-state index contributed by atoms with van der Waals surface area (Å²) in [6, 6.07) is 7.76. The molecule has 2 N–H and O–H groups in total. The molecular formula is C15H24N2O2S. The van der Waals surface area contributed by atoms with Crippen molar-refractivity contribution in [3.05, 3.63) is 24.3 Å². The summed E-state index contributed by atoms with van der Waals surface area (Å²) in [7, 11) is 0. The molecule has 112 valence electrons. The van der Waals surface area contributed by atoms with E-state index in [4.69, 9.17) is 21.7 Å². The van der Waals surface area contributed by atoms with Crippen LogP contribution in [0.25, 0.3) is 0 Å². The molecule has 1 rings (SSSR count). The van der Waals surface area contributed by atoms with Crippen molar-refractivity contribution in [2.24, 2.45) is 0 Å². The van der Waals surface area contributed by atoms with Crippen LogP contribution < -0.4 is 15.4 Å². The number of benzene rings is 1. The predicted molar refractivity (Wildman–Crippen MR) is 87.5 cm³/mol. The third kappa shape index (κ3) is 7.31. The molecule has 0 unspecified atom stereocenters. The SMILES string of the molecule is CCOCCCNC(=S)Nc1ccc(OC(C)C)cc1. The number of hydrogen-bond donors (Lipinski definition) is 2. The normalized spacial score (nSPS) is 10.4. The Balaban J connectivity index is 2.27. The Kier molecular flexibility index (Phi) is 7.99. The Labute approximate surface area is 126 Å². The summed E-state index contributed by atoms with van der Waals surface area (Å²) < 4.78 is 10.8. The molecule has 1 aromatic rings. The highest BCUT2D eigenvalue weighted by atomic mass is 32.1. The smallest absolute Gasteiger partial charge is 0.170 e. The van der Waals surface area contributed by atoms with Crippen molar-refractivity contribution >= 4 is 23.0 Å². The number of hydrogen-bond acceptors (Lipinski definition) is 3. The third-order valence-electron chi connectivity index (χ3n) is 2.44. The van der Waals surface area contributed by atoms with E-state index in [2.05, 4.69) is 10.6 Å². The maximum Gasteiger partial charge on any atom is 0.170 e. The quantitative estimate of drug-likeness (QED) is 0.570. The summed E-state index contributed by atoms with van der Waals surface area (Å²) in [6.45, 7) is 8.33. The fraction of sp³-hybridized carbons (Fsp3) is 0.533. The van der Waals surface area contributed by atoms with Gasteiger partial charge in [-0.3, -0.25) is 0 Å². The van der Waals surface area contributed by atoms with Crippen LogP contribution in [0, 0.1) is 0 Å². The monoisotopic (exact) mass is 296 g/mol. The second kappa shape index (κ2) is 9.55. The molecule has 0 radical (unpaired) electrons. The number of ether oxygens (including phenoxy) is 2. The molecule has 1 aromatic carbocycles. The molecule has 0 amide bonds. The maximum atomic E-state index is 5.59. The van der Waals surface area contributed by atoms with Crippen molar-refractivity contribution in [3.8, 4) is 5.75 Å². The molecule has 4 nitrogen and oxygen atoms in total. The fourth-order valence-electron chi connectivity index (χ4n) is 1.58. The molecular weight excluding hydrogens is 272 g/mol. The van der Waals surface area contributed by atoms with E-state index in [0.29, 0.717) is 5.11 Å². The van der Waals surface area contributed by atoms with Gasteiger partial charge in [-0.1, -0.05) is 0 Å². The van der Waals surface area contributed by atoms with Gasteiger partial charge >= 0.3 is 0 Å². The number of nitrogens with one attached hydrogen (secondary N) is 2. The zero-order valence-corrected chi connectivity index (χ0v) is 13.3. The van der Waals surface area contributed by atoms with Crippen LogP contribution in [0.4, 0.5) is 5.69 Å². The lowest BCUT2D eigenvalue weighted by molar-refractivity contribution is 0.146. The molecule has 0 aliphatic rings. The fourth-order valence-corrected chi connectivity index (χ4v) is 1.80. The van der Waals surface area contributed by atoms with Crippen molar-refractivity contribution in [3.63, 3.8) is 0 Å². The number of anilines is 1. The predicted octanol–water partition coefficient (Wildman–Crippen LogP) is 3.19. The van der Waals surface area contributed by atoms with Gasteiger partial charge in [-0.05, 0) is 63.7 Å². The van der Waals surface area contributed by atoms with Gasteiger partial charge in [0.2, 0.25) is 0 Å². The summed E-state index contributed by atoms with van der Waals surface area (Å²) in [5.74, 6) is 0.862. The summed E-state index contributed by atoms with van der Waals surface area (Å²) in [6.07, 6.45) is 1.12. The van der Waals surface area contributed by atoms with E-state index in [0.717, 1.165) is 37.6 Å². The van der Waals surface area contributed by atoms with Crippen LogP contribution in [0.15, 0.2) is 24.3 Å². The van der Waals surface area contributed by atoms with Gasteiger partial charge in [0, 0.05) is 25.4 Å². The zero-order valence-electron chi connectivity index (χ0n) is 12.4. The van der Waals surface area contributed by atoms with Crippen LogP contribution in [0.2, 0.25) is 0 Å². The molecule has 0 fully saturated rings. The van der Waals surface area contributed by atoms with E-state index in [-0.39, 0.29) is 6.10 Å². The average Bonchev–Trinajstić information content (AvgIpc) is 2.40. The summed E-state index contributed by atoms with van der Waals surface area (Å²) in [4.78, 5) is 0. The maximum absolute atomic E-state index is 5.59. The molecule has 0 aromatic heterocycles. The van der Waals surface area contributed by atoms with Gasteiger partial charge in [0.1, 0.15) is 5.75 Å². The second-order valence-electron chi connectivity index (χ2n) is 4.62. The number of thiocarbonyl (C=S) groups is 1. The van der Waals surface area contributed by atoms with Crippen molar-refractivity contribution in [2.45, 2.75) is 33.3 Å². The lowest BCUT2D eigenvalue weighted by Gasteiger charge is -2.12. The first-order chi connectivity index (χ1) is 9.61. The van der Waals surface area contributed by atoms with Crippen molar-refractivity contribution < 1.29 is 9.47 Å². The largest absolute Gasteiger partial charge is 0.491 e. The lowest BCUT2D eigenvalue weighted by atomic mass is 10.3. The first-order valence-corrected chi connectivity index (χ1v) is 7.42. The van der Waals surface area contributed by atoms with Crippen LogP contribution in [0.1, 0.15) is 27.2 Å². The van der Waals surface area contributed by atoms with Crippen LogP contribution in [0.5, 0.6) is 5.75 Å². The summed E-state index contributed by atoms with van der Waals surface area (Å²) >= 11 is 5.22. The van der Waals surface area contributed by atoms with Crippen LogP contribution in [0.3, 0.4) is 0 Å². The highest BCUT2D eigenvalue weighted by Gasteiger charge is 2.00. The molecule has 0 heterocycles. The Morgan fingerprint density at radius 3 is 2.55 bits per heavy atom. The Bertz CT molecular complexity index is 393. The highest BCUT2D eigenvalue weighted by Crippen LogP contribution is 2.16. The lowest BCUT2D eigenvalue weighted by Crippen LogP contribution is -2.29. The minimum Gasteiger partial charge on any atom is -0.491 e.